The number of halogens is 1. The highest BCUT2D eigenvalue weighted by Gasteiger charge is 2.17. The van der Waals surface area contributed by atoms with Gasteiger partial charge in [0, 0.05) is 18.3 Å². The molecule has 5 nitrogen and oxygen atoms in total. The number of amides is 1. The molecule has 2 aromatic heterocycles. The first-order valence-electron chi connectivity index (χ1n) is 9.36. The van der Waals surface area contributed by atoms with Crippen LogP contribution in [-0.2, 0) is 11.3 Å². The Hall–Kier alpha value is -3.15. The Kier molecular flexibility index (Phi) is 5.60. The molecule has 0 spiro atoms. The van der Waals surface area contributed by atoms with Gasteiger partial charge in [0.25, 0.3) is 0 Å². The molecular weight excluding hydrogens is 384 g/mol. The van der Waals surface area contributed by atoms with Gasteiger partial charge >= 0.3 is 0 Å². The van der Waals surface area contributed by atoms with E-state index in [-0.39, 0.29) is 12.5 Å². The van der Waals surface area contributed by atoms with E-state index in [0.29, 0.717) is 17.3 Å². The number of aromatic nitrogens is 2. The summed E-state index contributed by atoms with van der Waals surface area (Å²) in [4.78, 5) is 19.3. The first kappa shape index (κ1) is 19.2. The van der Waals surface area contributed by atoms with Crippen molar-refractivity contribution in [3.63, 3.8) is 0 Å². The number of para-hydroxylation sites is 1. The predicted octanol–water partition coefficient (Wildman–Crippen LogP) is 4.73. The lowest BCUT2D eigenvalue weighted by Crippen LogP contribution is -2.30. The van der Waals surface area contributed by atoms with Crippen molar-refractivity contribution in [1.29, 1.82) is 0 Å². The third kappa shape index (κ3) is 4.31. The Morgan fingerprint density at radius 2 is 1.76 bits per heavy atom. The summed E-state index contributed by atoms with van der Waals surface area (Å²) in [7, 11) is 1.92. The van der Waals surface area contributed by atoms with Crippen LogP contribution in [0, 0.1) is 0 Å². The van der Waals surface area contributed by atoms with Crippen LogP contribution >= 0.6 is 11.6 Å². The maximum atomic E-state index is 12.5. The second kappa shape index (κ2) is 8.47. The number of rotatable bonds is 6. The Morgan fingerprint density at radius 3 is 2.55 bits per heavy atom. The summed E-state index contributed by atoms with van der Waals surface area (Å²) in [6.07, 6.45) is 2.00. The fourth-order valence-corrected chi connectivity index (χ4v) is 3.52. The number of anilines is 1. The van der Waals surface area contributed by atoms with E-state index >= 15 is 0 Å². The highest BCUT2D eigenvalue weighted by Crippen LogP contribution is 2.25. The first-order valence-corrected chi connectivity index (χ1v) is 9.74. The molecule has 0 saturated heterocycles. The van der Waals surface area contributed by atoms with E-state index in [0.717, 1.165) is 22.6 Å². The van der Waals surface area contributed by atoms with Gasteiger partial charge in [0.15, 0.2) is 0 Å². The van der Waals surface area contributed by atoms with Crippen LogP contribution in [-0.4, -0.2) is 33.8 Å². The molecule has 0 radical (unpaired) electrons. The normalized spacial score (nSPS) is 11.1. The zero-order chi connectivity index (χ0) is 20.2. The zero-order valence-electron chi connectivity index (χ0n) is 16.0. The number of pyridine rings is 1. The molecule has 2 heterocycles. The minimum atomic E-state index is -0.115. The van der Waals surface area contributed by atoms with Crippen molar-refractivity contribution in [3.05, 3.63) is 89.7 Å². The second-order valence-corrected chi connectivity index (χ2v) is 7.31. The number of carbonyl (C=O) groups is 1. The Morgan fingerprint density at radius 1 is 1.03 bits per heavy atom. The van der Waals surface area contributed by atoms with Gasteiger partial charge in [-0.15, -0.1) is 0 Å². The first-order chi connectivity index (χ1) is 14.1. The molecule has 4 aromatic rings. The molecule has 0 aliphatic carbocycles. The molecule has 0 saturated carbocycles. The number of hydrogen-bond acceptors (Lipinski definition) is 3. The summed E-state index contributed by atoms with van der Waals surface area (Å²) >= 11 is 6.13. The highest BCUT2D eigenvalue weighted by molar-refractivity contribution is 6.33. The average molecular weight is 405 g/mol. The highest BCUT2D eigenvalue weighted by atomic mass is 35.5. The topological polar surface area (TPSA) is 49.6 Å². The van der Waals surface area contributed by atoms with Crippen molar-refractivity contribution in [1.82, 2.24) is 14.3 Å². The summed E-state index contributed by atoms with van der Waals surface area (Å²) < 4.78 is 2.07. The van der Waals surface area contributed by atoms with Gasteiger partial charge in [-0.25, -0.2) is 4.98 Å². The SMILES string of the molecule is CN(CC(=O)Nc1ccccc1Cl)Cc1c(-c2ccccc2)nc2ccccn12. The third-order valence-electron chi connectivity index (χ3n) is 4.66. The number of nitrogens with zero attached hydrogens (tertiary/aromatic N) is 3. The van der Waals surface area contributed by atoms with E-state index in [1.807, 2.05) is 66.7 Å². The van der Waals surface area contributed by atoms with Gasteiger partial charge in [-0.3, -0.25) is 9.69 Å². The van der Waals surface area contributed by atoms with Crippen LogP contribution < -0.4 is 5.32 Å². The molecule has 1 N–H and O–H groups in total. The van der Waals surface area contributed by atoms with Crippen LogP contribution in [0.3, 0.4) is 0 Å². The summed E-state index contributed by atoms with van der Waals surface area (Å²) in [5.41, 5.74) is 4.53. The Balaban J connectivity index is 1.55. The van der Waals surface area contributed by atoms with Gasteiger partial charge in [0.05, 0.1) is 28.6 Å². The predicted molar refractivity (Wildman–Crippen MR) is 117 cm³/mol. The van der Waals surface area contributed by atoms with E-state index in [9.17, 15) is 4.79 Å². The maximum absolute atomic E-state index is 12.5. The Bertz CT molecular complexity index is 1140. The van der Waals surface area contributed by atoms with Crippen LogP contribution in [0.4, 0.5) is 5.69 Å². The molecule has 0 unspecified atom stereocenters. The molecule has 2 aromatic carbocycles. The van der Waals surface area contributed by atoms with Gasteiger partial charge in [-0.2, -0.15) is 0 Å². The fourth-order valence-electron chi connectivity index (χ4n) is 3.33. The lowest BCUT2D eigenvalue weighted by atomic mass is 10.1. The molecule has 146 valence electrons. The molecule has 29 heavy (non-hydrogen) atoms. The lowest BCUT2D eigenvalue weighted by molar-refractivity contribution is -0.117. The van der Waals surface area contributed by atoms with E-state index in [1.54, 1.807) is 12.1 Å². The van der Waals surface area contributed by atoms with E-state index in [1.165, 1.54) is 0 Å². The molecule has 0 atom stereocenters. The largest absolute Gasteiger partial charge is 0.324 e. The van der Waals surface area contributed by atoms with Crippen molar-refractivity contribution < 1.29 is 4.79 Å². The second-order valence-electron chi connectivity index (χ2n) is 6.90. The molecule has 4 rings (SSSR count). The van der Waals surface area contributed by atoms with Crippen molar-refractivity contribution in [2.45, 2.75) is 6.54 Å². The summed E-state index contributed by atoms with van der Waals surface area (Å²) in [5.74, 6) is -0.115. The number of fused-ring (bicyclic) bond motifs is 1. The number of hydrogen-bond donors (Lipinski definition) is 1. The smallest absolute Gasteiger partial charge is 0.238 e. The van der Waals surface area contributed by atoms with Crippen molar-refractivity contribution in [3.8, 4) is 11.3 Å². The summed E-state index contributed by atoms with van der Waals surface area (Å²) in [6.45, 7) is 0.810. The summed E-state index contributed by atoms with van der Waals surface area (Å²) in [6, 6.07) is 23.3. The monoisotopic (exact) mass is 404 g/mol. The number of nitrogens with one attached hydrogen (secondary N) is 1. The molecule has 0 aliphatic rings. The summed E-state index contributed by atoms with van der Waals surface area (Å²) in [5, 5.41) is 3.39. The number of benzene rings is 2. The molecule has 0 fully saturated rings. The number of likely N-dealkylation sites (N-methyl/N-ethyl adjacent to an activating group) is 1. The standard InChI is InChI=1S/C23H21ClN4O/c1-27(16-22(29)25-19-12-6-5-11-18(19)24)15-20-23(17-9-3-2-4-10-17)26-21-13-7-8-14-28(20)21/h2-14H,15-16H2,1H3,(H,25,29). The van der Waals surface area contributed by atoms with E-state index < -0.39 is 0 Å². The van der Waals surface area contributed by atoms with E-state index in [2.05, 4.69) is 21.9 Å². The third-order valence-corrected chi connectivity index (χ3v) is 4.99. The lowest BCUT2D eigenvalue weighted by Gasteiger charge is -2.17. The van der Waals surface area contributed by atoms with Crippen molar-refractivity contribution in [2.75, 3.05) is 18.9 Å². The molecule has 0 bridgehead atoms. The van der Waals surface area contributed by atoms with Gasteiger partial charge in [0.1, 0.15) is 5.65 Å². The quantitative estimate of drug-likeness (QED) is 0.505. The van der Waals surface area contributed by atoms with Gasteiger partial charge < -0.3 is 9.72 Å². The van der Waals surface area contributed by atoms with Crippen molar-refractivity contribution in [2.24, 2.45) is 0 Å². The minimum Gasteiger partial charge on any atom is -0.324 e. The van der Waals surface area contributed by atoms with Gasteiger partial charge in [0.2, 0.25) is 5.91 Å². The van der Waals surface area contributed by atoms with Crippen LogP contribution in [0.25, 0.3) is 16.9 Å². The van der Waals surface area contributed by atoms with Crippen molar-refractivity contribution >= 4 is 28.8 Å². The minimum absolute atomic E-state index is 0.115. The van der Waals surface area contributed by atoms with Gasteiger partial charge in [-0.05, 0) is 31.3 Å². The van der Waals surface area contributed by atoms with Crippen LogP contribution in [0.2, 0.25) is 5.02 Å². The number of carbonyl (C=O) groups excluding carboxylic acids is 1. The molecule has 1 amide bonds. The molecule has 0 aliphatic heterocycles. The number of imidazole rings is 1. The maximum Gasteiger partial charge on any atom is 0.238 e. The van der Waals surface area contributed by atoms with Crippen LogP contribution in [0.5, 0.6) is 0 Å². The van der Waals surface area contributed by atoms with E-state index in [4.69, 9.17) is 16.6 Å². The Labute approximate surface area is 174 Å². The van der Waals surface area contributed by atoms with Crippen LogP contribution in [0.1, 0.15) is 5.69 Å². The fraction of sp³-hybridized carbons (Fsp3) is 0.130. The molecular formula is C23H21ClN4O. The molecule has 6 heteroatoms. The zero-order valence-corrected chi connectivity index (χ0v) is 16.8. The van der Waals surface area contributed by atoms with Gasteiger partial charge in [-0.1, -0.05) is 60.1 Å². The van der Waals surface area contributed by atoms with Crippen LogP contribution in [0.15, 0.2) is 79.0 Å². The average Bonchev–Trinajstić information content (AvgIpc) is 3.09.